The molecule has 2 aromatic carbocycles. The van der Waals surface area contributed by atoms with Crippen LogP contribution in [0.1, 0.15) is 49.8 Å². The topological polar surface area (TPSA) is 77.9 Å². The van der Waals surface area contributed by atoms with Gasteiger partial charge >= 0.3 is 0 Å². The summed E-state index contributed by atoms with van der Waals surface area (Å²) in [6.07, 6.45) is 10.2. The van der Waals surface area contributed by atoms with Crippen LogP contribution in [0.3, 0.4) is 0 Å². The number of aliphatic imine (C=N–C) groups is 1. The van der Waals surface area contributed by atoms with Crippen molar-refractivity contribution in [2.45, 2.75) is 43.9 Å². The maximum atomic E-state index is 11.0. The van der Waals surface area contributed by atoms with E-state index in [1.54, 1.807) is 12.3 Å². The Morgan fingerprint density at radius 2 is 1.68 bits per heavy atom. The minimum atomic E-state index is -0.443. The second-order valence-corrected chi connectivity index (χ2v) is 10.3. The number of benzene rings is 2. The molecule has 0 spiro atoms. The lowest BCUT2D eigenvalue weighted by Crippen LogP contribution is -2.48. The van der Waals surface area contributed by atoms with Gasteiger partial charge in [0.05, 0.1) is 35.6 Å². The molecule has 0 saturated heterocycles. The lowest BCUT2D eigenvalue weighted by Gasteiger charge is -2.57. The number of methoxy groups -OCH3 is 1. The van der Waals surface area contributed by atoms with Crippen molar-refractivity contribution in [3.8, 4) is 17.1 Å². The number of ether oxygens (including phenoxy) is 1. The summed E-state index contributed by atoms with van der Waals surface area (Å²) in [5, 5.41) is 11.0. The molecule has 4 saturated carbocycles. The summed E-state index contributed by atoms with van der Waals surface area (Å²) in [6.45, 7) is 0. The normalized spacial score (nSPS) is 27.4. The van der Waals surface area contributed by atoms with Crippen LogP contribution in [0.2, 0.25) is 0 Å². The van der Waals surface area contributed by atoms with Crippen molar-refractivity contribution in [1.29, 1.82) is 0 Å². The molecular formula is C28H28N2O4. The van der Waals surface area contributed by atoms with E-state index in [1.807, 2.05) is 12.1 Å². The Kier molecular flexibility index (Phi) is 5.05. The minimum Gasteiger partial charge on any atom is -0.496 e. The van der Waals surface area contributed by atoms with Gasteiger partial charge in [0.2, 0.25) is 0 Å². The maximum Gasteiger partial charge on any atom is 0.273 e. The fourth-order valence-corrected chi connectivity index (χ4v) is 7.07. The SMILES string of the molecule is COc1cc([N+](=O)[O-])ccc1-c1ccc(C=Nc2ccc(C34CC5CC(CC(C5)C3)C4)cc2)o1. The molecule has 6 heteroatoms. The number of nitro groups is 1. The second kappa shape index (κ2) is 8.12. The van der Waals surface area contributed by atoms with E-state index >= 15 is 0 Å². The highest BCUT2D eigenvalue weighted by Crippen LogP contribution is 2.60. The molecule has 4 bridgehead atoms. The highest BCUT2D eigenvalue weighted by Gasteiger charge is 2.51. The Balaban J connectivity index is 1.18. The van der Waals surface area contributed by atoms with Gasteiger partial charge in [-0.1, -0.05) is 12.1 Å². The van der Waals surface area contributed by atoms with Gasteiger partial charge in [0.15, 0.2) is 0 Å². The van der Waals surface area contributed by atoms with Crippen molar-refractivity contribution in [3.05, 3.63) is 76.0 Å². The van der Waals surface area contributed by atoms with Gasteiger partial charge in [-0.05, 0) is 97.6 Å². The predicted octanol–water partition coefficient (Wildman–Crippen LogP) is 7.08. The van der Waals surface area contributed by atoms with Gasteiger partial charge in [0.25, 0.3) is 5.69 Å². The van der Waals surface area contributed by atoms with Crippen molar-refractivity contribution < 1.29 is 14.1 Å². The van der Waals surface area contributed by atoms with Crippen molar-refractivity contribution in [3.63, 3.8) is 0 Å². The highest BCUT2D eigenvalue weighted by atomic mass is 16.6. The van der Waals surface area contributed by atoms with Gasteiger partial charge in [-0.3, -0.25) is 15.1 Å². The molecule has 1 aromatic heterocycles. The largest absolute Gasteiger partial charge is 0.496 e. The summed E-state index contributed by atoms with van der Waals surface area (Å²) in [5.74, 6) is 4.39. The molecule has 0 N–H and O–H groups in total. The van der Waals surface area contributed by atoms with Crippen LogP contribution in [0.25, 0.3) is 11.3 Å². The molecule has 4 aliphatic rings. The molecule has 0 atom stereocenters. The highest BCUT2D eigenvalue weighted by molar-refractivity contribution is 5.80. The number of nitro benzene ring substituents is 1. The second-order valence-electron chi connectivity index (χ2n) is 10.3. The average Bonchev–Trinajstić information content (AvgIpc) is 3.30. The summed E-state index contributed by atoms with van der Waals surface area (Å²) in [4.78, 5) is 15.2. The number of nitrogens with zero attached hydrogens (tertiary/aromatic N) is 2. The third-order valence-corrected chi connectivity index (χ3v) is 8.15. The Morgan fingerprint density at radius 1 is 1.00 bits per heavy atom. The van der Waals surface area contributed by atoms with E-state index in [4.69, 9.17) is 9.15 Å². The Bertz CT molecular complexity index is 1220. The van der Waals surface area contributed by atoms with Crippen molar-refractivity contribution in [1.82, 2.24) is 0 Å². The molecule has 0 radical (unpaired) electrons. The van der Waals surface area contributed by atoms with Crippen LogP contribution in [0.15, 0.2) is 64.0 Å². The maximum absolute atomic E-state index is 11.0. The first-order chi connectivity index (χ1) is 16.5. The van der Waals surface area contributed by atoms with Gasteiger partial charge in [-0.2, -0.15) is 0 Å². The minimum absolute atomic E-state index is 0.0223. The molecule has 4 fully saturated rings. The first kappa shape index (κ1) is 21.1. The molecular weight excluding hydrogens is 428 g/mol. The summed E-state index contributed by atoms with van der Waals surface area (Å²) >= 11 is 0. The van der Waals surface area contributed by atoms with E-state index in [0.29, 0.717) is 28.2 Å². The standard InChI is InChI=1S/C28H28N2O4/c1-33-27-13-23(30(31)32)6-8-25(27)26-9-7-24(34-26)17-29-22-4-2-21(3-5-22)28-14-18-10-19(15-28)12-20(11-18)16-28/h2-9,13,17-20H,10-12,14-16H2,1H3. The number of rotatable bonds is 6. The molecule has 34 heavy (non-hydrogen) atoms. The molecule has 1 heterocycles. The summed E-state index contributed by atoms with van der Waals surface area (Å²) in [6, 6.07) is 17.0. The van der Waals surface area contributed by atoms with E-state index in [-0.39, 0.29) is 5.69 Å². The number of furan rings is 1. The quantitative estimate of drug-likeness (QED) is 0.225. The number of hydrogen-bond acceptors (Lipinski definition) is 5. The predicted molar refractivity (Wildman–Crippen MR) is 131 cm³/mol. The van der Waals surface area contributed by atoms with E-state index < -0.39 is 4.92 Å². The van der Waals surface area contributed by atoms with Crippen LogP contribution in [0.4, 0.5) is 11.4 Å². The third-order valence-electron chi connectivity index (χ3n) is 8.15. The smallest absolute Gasteiger partial charge is 0.273 e. The van der Waals surface area contributed by atoms with Crippen LogP contribution >= 0.6 is 0 Å². The number of hydrogen-bond donors (Lipinski definition) is 0. The summed E-state index contributed by atoms with van der Waals surface area (Å²) < 4.78 is 11.3. The fraction of sp³-hybridized carbons (Fsp3) is 0.393. The van der Waals surface area contributed by atoms with Crippen LogP contribution in [-0.4, -0.2) is 18.2 Å². The zero-order chi connectivity index (χ0) is 23.3. The lowest BCUT2D eigenvalue weighted by atomic mass is 9.48. The van der Waals surface area contributed by atoms with Crippen LogP contribution in [0.5, 0.6) is 5.75 Å². The van der Waals surface area contributed by atoms with E-state index in [1.165, 1.54) is 63.3 Å². The Labute approximate surface area is 198 Å². The Hall–Kier alpha value is -3.41. The molecule has 7 rings (SSSR count). The first-order valence-corrected chi connectivity index (χ1v) is 12.1. The van der Waals surface area contributed by atoms with Crippen LogP contribution < -0.4 is 4.74 Å². The summed E-state index contributed by atoms with van der Waals surface area (Å²) in [7, 11) is 1.49. The summed E-state index contributed by atoms with van der Waals surface area (Å²) in [5.41, 5.74) is 3.44. The lowest BCUT2D eigenvalue weighted by molar-refractivity contribution is -0.384. The third kappa shape index (κ3) is 3.71. The average molecular weight is 457 g/mol. The van der Waals surface area contributed by atoms with Gasteiger partial charge < -0.3 is 9.15 Å². The molecule has 0 unspecified atom stereocenters. The zero-order valence-electron chi connectivity index (χ0n) is 19.3. The van der Waals surface area contributed by atoms with E-state index in [2.05, 4.69) is 29.3 Å². The first-order valence-electron chi connectivity index (χ1n) is 12.1. The Morgan fingerprint density at radius 3 is 2.29 bits per heavy atom. The molecule has 3 aromatic rings. The van der Waals surface area contributed by atoms with Crippen molar-refractivity contribution in [2.24, 2.45) is 22.7 Å². The number of non-ortho nitro benzene ring substituents is 1. The van der Waals surface area contributed by atoms with Crippen molar-refractivity contribution in [2.75, 3.05) is 7.11 Å². The van der Waals surface area contributed by atoms with Gasteiger partial charge in [0.1, 0.15) is 17.3 Å². The zero-order valence-corrected chi connectivity index (χ0v) is 19.3. The monoisotopic (exact) mass is 456 g/mol. The van der Waals surface area contributed by atoms with Gasteiger partial charge in [-0.15, -0.1) is 0 Å². The van der Waals surface area contributed by atoms with Crippen molar-refractivity contribution >= 4 is 17.6 Å². The van der Waals surface area contributed by atoms with Crippen LogP contribution in [-0.2, 0) is 5.41 Å². The van der Waals surface area contributed by atoms with Crippen LogP contribution in [0, 0.1) is 27.9 Å². The van der Waals surface area contributed by atoms with Gasteiger partial charge in [0, 0.05) is 6.07 Å². The van der Waals surface area contributed by atoms with Gasteiger partial charge in [-0.25, -0.2) is 0 Å². The fourth-order valence-electron chi connectivity index (χ4n) is 7.07. The molecule has 6 nitrogen and oxygen atoms in total. The molecule has 0 aliphatic heterocycles. The molecule has 4 aliphatic carbocycles. The molecule has 174 valence electrons. The van der Waals surface area contributed by atoms with E-state index in [9.17, 15) is 10.1 Å². The molecule has 0 amide bonds. The van der Waals surface area contributed by atoms with E-state index in [0.717, 1.165) is 23.4 Å².